The van der Waals surface area contributed by atoms with Gasteiger partial charge in [-0.1, -0.05) is 12.1 Å². The number of rotatable bonds is 8. The Morgan fingerprint density at radius 2 is 1.79 bits per heavy atom. The van der Waals surface area contributed by atoms with E-state index in [1.807, 2.05) is 0 Å². The second-order valence-corrected chi connectivity index (χ2v) is 6.95. The van der Waals surface area contributed by atoms with Crippen LogP contribution in [0.5, 0.6) is 0 Å². The molecule has 3 rings (SSSR count). The van der Waals surface area contributed by atoms with Gasteiger partial charge in [-0.3, -0.25) is 19.4 Å². The first kappa shape index (κ1) is 20.4. The second-order valence-electron chi connectivity index (χ2n) is 6.95. The van der Waals surface area contributed by atoms with Crippen molar-refractivity contribution in [3.05, 3.63) is 41.3 Å². The molecule has 1 saturated heterocycles. The molecule has 0 aromatic heterocycles. The summed E-state index contributed by atoms with van der Waals surface area (Å²) in [5.74, 6) is -1.16. The van der Waals surface area contributed by atoms with E-state index in [1.54, 1.807) is 11.9 Å². The van der Waals surface area contributed by atoms with E-state index in [9.17, 15) is 19.1 Å². The fraction of sp³-hybridized carbons (Fsp3) is 0.500. The molecule has 0 bridgehead atoms. The maximum Gasteiger partial charge on any atom is 0.277 e. The number of ether oxygens (including phenoxy) is 1. The molecule has 0 aliphatic carbocycles. The van der Waals surface area contributed by atoms with E-state index in [-0.39, 0.29) is 36.2 Å². The average Bonchev–Trinajstić information content (AvgIpc) is 2.94. The van der Waals surface area contributed by atoms with Gasteiger partial charge in [0.2, 0.25) is 0 Å². The standard InChI is InChI=1S/C20H26FN3O4/c1-22(9-12-25)18-17(15-3-5-16(21)6-4-15)19(26)24(20(18)27)8-2-7-23-10-13-28-14-11-23/h3-6,25H,2,7-14H2,1H3. The molecule has 2 aliphatic heterocycles. The molecule has 1 N–H and O–H groups in total. The number of amides is 2. The lowest BCUT2D eigenvalue weighted by Crippen LogP contribution is -2.40. The highest BCUT2D eigenvalue weighted by molar-refractivity contribution is 6.35. The first-order chi connectivity index (χ1) is 13.5. The van der Waals surface area contributed by atoms with Gasteiger partial charge in [0.05, 0.1) is 25.4 Å². The van der Waals surface area contributed by atoms with Gasteiger partial charge in [-0.15, -0.1) is 0 Å². The fourth-order valence-corrected chi connectivity index (χ4v) is 3.54. The number of hydrogen-bond acceptors (Lipinski definition) is 6. The Morgan fingerprint density at radius 1 is 1.11 bits per heavy atom. The molecule has 0 radical (unpaired) electrons. The Kier molecular flexibility index (Phi) is 6.77. The number of aliphatic hydroxyl groups is 1. The summed E-state index contributed by atoms with van der Waals surface area (Å²) in [6, 6.07) is 5.54. The van der Waals surface area contributed by atoms with E-state index in [0.717, 1.165) is 19.6 Å². The summed E-state index contributed by atoms with van der Waals surface area (Å²) in [4.78, 5) is 31.1. The van der Waals surface area contributed by atoms with Crippen molar-refractivity contribution in [3.8, 4) is 0 Å². The SMILES string of the molecule is CN(CCO)C1=C(c2ccc(F)cc2)C(=O)N(CCCN2CCOCC2)C1=O. The molecule has 152 valence electrons. The molecule has 1 aromatic rings. The van der Waals surface area contributed by atoms with Crippen molar-refractivity contribution in [2.45, 2.75) is 6.42 Å². The van der Waals surface area contributed by atoms with Crippen LogP contribution in [0.15, 0.2) is 30.0 Å². The molecular weight excluding hydrogens is 365 g/mol. The Hall–Kier alpha value is -2.29. The van der Waals surface area contributed by atoms with Crippen LogP contribution in [0.25, 0.3) is 5.57 Å². The molecular formula is C20H26FN3O4. The number of halogens is 1. The van der Waals surface area contributed by atoms with Crippen molar-refractivity contribution in [2.75, 3.05) is 59.6 Å². The Labute approximate surface area is 164 Å². The third-order valence-electron chi connectivity index (χ3n) is 5.05. The van der Waals surface area contributed by atoms with E-state index in [4.69, 9.17) is 4.74 Å². The molecule has 0 atom stereocenters. The van der Waals surface area contributed by atoms with Gasteiger partial charge in [-0.05, 0) is 24.1 Å². The van der Waals surface area contributed by atoms with Gasteiger partial charge in [-0.2, -0.15) is 0 Å². The van der Waals surface area contributed by atoms with E-state index < -0.39 is 5.82 Å². The average molecular weight is 391 g/mol. The van der Waals surface area contributed by atoms with Gasteiger partial charge in [0, 0.05) is 39.8 Å². The fourth-order valence-electron chi connectivity index (χ4n) is 3.54. The van der Waals surface area contributed by atoms with E-state index in [0.29, 0.717) is 31.7 Å². The molecule has 2 aliphatic rings. The summed E-state index contributed by atoms with van der Waals surface area (Å²) in [5.41, 5.74) is 1.000. The van der Waals surface area contributed by atoms with Crippen molar-refractivity contribution >= 4 is 17.4 Å². The quantitative estimate of drug-likeness (QED) is 0.653. The van der Waals surface area contributed by atoms with Crippen LogP contribution in [0.4, 0.5) is 4.39 Å². The molecule has 0 saturated carbocycles. The minimum atomic E-state index is -0.409. The molecule has 28 heavy (non-hydrogen) atoms. The van der Waals surface area contributed by atoms with E-state index in [2.05, 4.69) is 4.90 Å². The molecule has 2 amide bonds. The lowest BCUT2D eigenvalue weighted by molar-refractivity contribution is -0.137. The number of hydrogen-bond donors (Lipinski definition) is 1. The minimum absolute atomic E-state index is 0.144. The second kappa shape index (κ2) is 9.27. The number of benzene rings is 1. The lowest BCUT2D eigenvalue weighted by atomic mass is 10.0. The predicted molar refractivity (Wildman–Crippen MR) is 102 cm³/mol. The van der Waals surface area contributed by atoms with Crippen molar-refractivity contribution in [3.63, 3.8) is 0 Å². The molecule has 2 heterocycles. The van der Waals surface area contributed by atoms with Crippen LogP contribution in [-0.2, 0) is 14.3 Å². The smallest absolute Gasteiger partial charge is 0.277 e. The van der Waals surface area contributed by atoms with Crippen molar-refractivity contribution in [1.82, 2.24) is 14.7 Å². The minimum Gasteiger partial charge on any atom is -0.395 e. The molecule has 0 unspecified atom stereocenters. The number of nitrogens with zero attached hydrogens (tertiary/aromatic N) is 3. The Morgan fingerprint density at radius 3 is 2.43 bits per heavy atom. The van der Waals surface area contributed by atoms with Gasteiger partial charge >= 0.3 is 0 Å². The summed E-state index contributed by atoms with van der Waals surface area (Å²) in [5, 5.41) is 9.25. The van der Waals surface area contributed by atoms with E-state index in [1.165, 1.54) is 29.2 Å². The molecule has 7 nitrogen and oxygen atoms in total. The van der Waals surface area contributed by atoms with Crippen LogP contribution < -0.4 is 0 Å². The zero-order valence-electron chi connectivity index (χ0n) is 16.1. The van der Waals surface area contributed by atoms with Gasteiger partial charge in [0.1, 0.15) is 11.5 Å². The highest BCUT2D eigenvalue weighted by atomic mass is 19.1. The highest BCUT2D eigenvalue weighted by Crippen LogP contribution is 2.31. The van der Waals surface area contributed by atoms with Gasteiger partial charge < -0.3 is 14.7 Å². The number of morpholine rings is 1. The maximum atomic E-state index is 13.3. The number of carbonyl (C=O) groups excluding carboxylic acids is 2. The zero-order chi connectivity index (χ0) is 20.1. The number of carbonyl (C=O) groups is 2. The predicted octanol–water partition coefficient (Wildman–Crippen LogP) is 0.552. The monoisotopic (exact) mass is 391 g/mol. The lowest BCUT2D eigenvalue weighted by Gasteiger charge is -2.27. The van der Waals surface area contributed by atoms with Crippen LogP contribution in [0.1, 0.15) is 12.0 Å². The van der Waals surface area contributed by atoms with Crippen LogP contribution in [-0.4, -0.2) is 91.2 Å². The van der Waals surface area contributed by atoms with Gasteiger partial charge in [-0.25, -0.2) is 4.39 Å². The first-order valence-corrected chi connectivity index (χ1v) is 9.51. The Bertz CT molecular complexity index is 744. The summed E-state index contributed by atoms with van der Waals surface area (Å²) in [6.45, 7) is 4.29. The van der Waals surface area contributed by atoms with Crippen LogP contribution in [0.3, 0.4) is 0 Å². The molecule has 1 fully saturated rings. The Balaban J connectivity index is 1.77. The first-order valence-electron chi connectivity index (χ1n) is 9.51. The number of likely N-dealkylation sites (N-methyl/N-ethyl adjacent to an activating group) is 1. The van der Waals surface area contributed by atoms with Crippen molar-refractivity contribution in [2.24, 2.45) is 0 Å². The van der Waals surface area contributed by atoms with Crippen LogP contribution >= 0.6 is 0 Å². The van der Waals surface area contributed by atoms with Crippen molar-refractivity contribution < 1.29 is 23.8 Å². The van der Waals surface area contributed by atoms with Gasteiger partial charge in [0.15, 0.2) is 0 Å². The summed E-state index contributed by atoms with van der Waals surface area (Å²) >= 11 is 0. The maximum absolute atomic E-state index is 13.3. The number of imide groups is 1. The van der Waals surface area contributed by atoms with Gasteiger partial charge in [0.25, 0.3) is 11.8 Å². The third kappa shape index (κ3) is 4.40. The van der Waals surface area contributed by atoms with Crippen LogP contribution in [0.2, 0.25) is 0 Å². The van der Waals surface area contributed by atoms with Crippen molar-refractivity contribution in [1.29, 1.82) is 0 Å². The molecule has 1 aromatic carbocycles. The molecule has 0 spiro atoms. The zero-order valence-corrected chi connectivity index (χ0v) is 16.1. The highest BCUT2D eigenvalue weighted by Gasteiger charge is 2.40. The summed E-state index contributed by atoms with van der Waals surface area (Å²) in [6.07, 6.45) is 0.672. The third-order valence-corrected chi connectivity index (χ3v) is 5.05. The van der Waals surface area contributed by atoms with Crippen LogP contribution in [0, 0.1) is 5.82 Å². The summed E-state index contributed by atoms with van der Waals surface area (Å²) < 4.78 is 18.6. The molecule has 8 heteroatoms. The summed E-state index contributed by atoms with van der Waals surface area (Å²) in [7, 11) is 1.66. The topological polar surface area (TPSA) is 73.3 Å². The number of aliphatic hydroxyl groups excluding tert-OH is 1. The van der Waals surface area contributed by atoms with E-state index >= 15 is 0 Å². The largest absolute Gasteiger partial charge is 0.395 e. The normalized spacial score (nSPS) is 18.3.